The Morgan fingerprint density at radius 2 is 2.18 bits per heavy atom. The molecule has 1 N–H and O–H groups in total. The molecule has 1 saturated carbocycles. The first kappa shape index (κ1) is 13.0. The van der Waals surface area contributed by atoms with Crippen molar-refractivity contribution in [3.63, 3.8) is 0 Å². The maximum absolute atomic E-state index is 9.55. The van der Waals surface area contributed by atoms with Crippen LogP contribution in [-0.4, -0.2) is 30.0 Å². The van der Waals surface area contributed by atoms with Crippen molar-refractivity contribution in [1.82, 2.24) is 0 Å². The van der Waals surface area contributed by atoms with Crippen LogP contribution in [0.1, 0.15) is 13.3 Å². The van der Waals surface area contributed by atoms with E-state index in [2.05, 4.69) is 0 Å². The SMILES string of the molecule is CCOC1C(O)CC1Oc1cccc(Cl)c1Cl. The Labute approximate surface area is 110 Å². The molecule has 5 heteroatoms. The van der Waals surface area contributed by atoms with E-state index in [9.17, 15) is 5.11 Å². The van der Waals surface area contributed by atoms with Crippen LogP contribution in [0.4, 0.5) is 0 Å². The van der Waals surface area contributed by atoms with Crippen molar-refractivity contribution < 1.29 is 14.6 Å². The molecule has 0 amide bonds. The zero-order valence-corrected chi connectivity index (χ0v) is 10.9. The van der Waals surface area contributed by atoms with Gasteiger partial charge in [-0.1, -0.05) is 29.3 Å². The smallest absolute Gasteiger partial charge is 0.139 e. The molecular weight excluding hydrogens is 263 g/mol. The normalized spacial score (nSPS) is 27.6. The van der Waals surface area contributed by atoms with E-state index in [1.165, 1.54) is 0 Å². The molecule has 1 fully saturated rings. The maximum atomic E-state index is 9.55. The minimum atomic E-state index is -0.460. The number of ether oxygens (including phenoxy) is 2. The average Bonchev–Trinajstić information content (AvgIpc) is 2.31. The van der Waals surface area contributed by atoms with Crippen molar-refractivity contribution in [1.29, 1.82) is 0 Å². The topological polar surface area (TPSA) is 38.7 Å². The molecule has 0 spiro atoms. The van der Waals surface area contributed by atoms with E-state index >= 15 is 0 Å². The van der Waals surface area contributed by atoms with Gasteiger partial charge in [-0.15, -0.1) is 0 Å². The fourth-order valence-corrected chi connectivity index (χ4v) is 2.16. The molecule has 3 unspecified atom stereocenters. The first-order valence-corrected chi connectivity index (χ1v) is 6.29. The Morgan fingerprint density at radius 1 is 1.41 bits per heavy atom. The predicted molar refractivity (Wildman–Crippen MR) is 66.9 cm³/mol. The molecule has 1 aliphatic carbocycles. The molecule has 0 saturated heterocycles. The van der Waals surface area contributed by atoms with Gasteiger partial charge >= 0.3 is 0 Å². The third kappa shape index (κ3) is 2.68. The maximum Gasteiger partial charge on any atom is 0.139 e. The van der Waals surface area contributed by atoms with Gasteiger partial charge in [-0.3, -0.25) is 0 Å². The highest BCUT2D eigenvalue weighted by Gasteiger charge is 2.42. The number of benzene rings is 1. The van der Waals surface area contributed by atoms with Crippen molar-refractivity contribution in [3.8, 4) is 5.75 Å². The van der Waals surface area contributed by atoms with Crippen molar-refractivity contribution in [2.24, 2.45) is 0 Å². The summed E-state index contributed by atoms with van der Waals surface area (Å²) in [6.07, 6.45) is -0.359. The fourth-order valence-electron chi connectivity index (χ4n) is 1.82. The molecule has 1 aromatic rings. The molecule has 0 heterocycles. The van der Waals surface area contributed by atoms with Crippen LogP contribution in [0.3, 0.4) is 0 Å². The molecule has 17 heavy (non-hydrogen) atoms. The minimum absolute atomic E-state index is 0.166. The van der Waals surface area contributed by atoms with E-state index in [-0.39, 0.29) is 12.2 Å². The van der Waals surface area contributed by atoms with Crippen molar-refractivity contribution in [3.05, 3.63) is 28.2 Å². The number of hydrogen-bond donors (Lipinski definition) is 1. The van der Waals surface area contributed by atoms with Crippen molar-refractivity contribution in [2.75, 3.05) is 6.61 Å². The highest BCUT2D eigenvalue weighted by molar-refractivity contribution is 6.42. The van der Waals surface area contributed by atoms with Gasteiger partial charge < -0.3 is 14.6 Å². The van der Waals surface area contributed by atoms with Gasteiger partial charge in [0.2, 0.25) is 0 Å². The van der Waals surface area contributed by atoms with Crippen LogP contribution in [0.5, 0.6) is 5.75 Å². The average molecular weight is 277 g/mol. The summed E-state index contributed by atoms with van der Waals surface area (Å²) in [6.45, 7) is 2.43. The lowest BCUT2D eigenvalue weighted by molar-refractivity contribution is -0.160. The highest BCUT2D eigenvalue weighted by Crippen LogP contribution is 2.35. The molecule has 1 aromatic carbocycles. The van der Waals surface area contributed by atoms with E-state index in [1.54, 1.807) is 18.2 Å². The predicted octanol–water partition coefficient (Wildman–Crippen LogP) is 2.91. The van der Waals surface area contributed by atoms with E-state index in [0.29, 0.717) is 28.8 Å². The Balaban J connectivity index is 2.04. The van der Waals surface area contributed by atoms with Gasteiger partial charge in [-0.2, -0.15) is 0 Å². The first-order valence-electron chi connectivity index (χ1n) is 5.53. The summed E-state index contributed by atoms with van der Waals surface area (Å²) in [6, 6.07) is 5.22. The lowest BCUT2D eigenvalue weighted by atomic mass is 9.88. The zero-order valence-electron chi connectivity index (χ0n) is 9.40. The molecule has 0 aliphatic heterocycles. The monoisotopic (exact) mass is 276 g/mol. The standard InChI is InChI=1S/C12H14Cl2O3/c1-2-16-12-8(15)6-10(12)17-9-5-3-4-7(13)11(9)14/h3-5,8,10,12,15H,2,6H2,1H3. The second kappa shape index (κ2) is 5.44. The summed E-state index contributed by atoms with van der Waals surface area (Å²) in [5.41, 5.74) is 0. The molecule has 94 valence electrons. The van der Waals surface area contributed by atoms with Crippen LogP contribution in [0.15, 0.2) is 18.2 Å². The lowest BCUT2D eigenvalue weighted by Crippen LogP contribution is -2.55. The van der Waals surface area contributed by atoms with Crippen molar-refractivity contribution >= 4 is 23.2 Å². The van der Waals surface area contributed by atoms with Crippen LogP contribution in [0.25, 0.3) is 0 Å². The van der Waals surface area contributed by atoms with Gasteiger partial charge in [0.1, 0.15) is 23.0 Å². The van der Waals surface area contributed by atoms with E-state index in [1.807, 2.05) is 6.92 Å². The Bertz CT molecular complexity index is 397. The number of hydrogen-bond acceptors (Lipinski definition) is 3. The third-order valence-electron chi connectivity index (χ3n) is 2.77. The van der Waals surface area contributed by atoms with Crippen molar-refractivity contribution in [2.45, 2.75) is 31.7 Å². The molecule has 0 aromatic heterocycles. The molecular formula is C12H14Cl2O3. The molecule has 3 atom stereocenters. The lowest BCUT2D eigenvalue weighted by Gasteiger charge is -2.40. The van der Waals surface area contributed by atoms with Gasteiger partial charge in [0, 0.05) is 13.0 Å². The fraction of sp³-hybridized carbons (Fsp3) is 0.500. The first-order chi connectivity index (χ1) is 8.13. The largest absolute Gasteiger partial charge is 0.486 e. The van der Waals surface area contributed by atoms with Gasteiger partial charge in [-0.05, 0) is 19.1 Å². The Kier molecular flexibility index (Phi) is 4.15. The van der Waals surface area contributed by atoms with Crippen LogP contribution in [-0.2, 0) is 4.74 Å². The molecule has 0 bridgehead atoms. The molecule has 0 radical (unpaired) electrons. The number of aliphatic hydroxyl groups excluding tert-OH is 1. The van der Waals surface area contributed by atoms with E-state index in [0.717, 1.165) is 0 Å². The zero-order chi connectivity index (χ0) is 12.4. The van der Waals surface area contributed by atoms with Crippen LogP contribution in [0.2, 0.25) is 10.0 Å². The summed E-state index contributed by atoms with van der Waals surface area (Å²) in [4.78, 5) is 0. The number of aliphatic hydroxyl groups is 1. The minimum Gasteiger partial charge on any atom is -0.486 e. The molecule has 3 nitrogen and oxygen atoms in total. The summed E-state index contributed by atoms with van der Waals surface area (Å²) in [5.74, 6) is 0.528. The second-order valence-electron chi connectivity index (χ2n) is 3.93. The summed E-state index contributed by atoms with van der Waals surface area (Å²) >= 11 is 11.9. The molecule has 2 rings (SSSR count). The molecule has 1 aliphatic rings. The van der Waals surface area contributed by atoms with Gasteiger partial charge in [0.15, 0.2) is 0 Å². The van der Waals surface area contributed by atoms with Crippen LogP contribution >= 0.6 is 23.2 Å². The summed E-state index contributed by atoms with van der Waals surface area (Å²) in [7, 11) is 0. The van der Waals surface area contributed by atoms with Crippen LogP contribution < -0.4 is 4.74 Å². The summed E-state index contributed by atoms with van der Waals surface area (Å²) < 4.78 is 11.1. The third-order valence-corrected chi connectivity index (χ3v) is 3.57. The summed E-state index contributed by atoms with van der Waals surface area (Å²) in [5, 5.41) is 10.4. The Hall–Kier alpha value is -0.480. The van der Waals surface area contributed by atoms with E-state index in [4.69, 9.17) is 32.7 Å². The van der Waals surface area contributed by atoms with Crippen LogP contribution in [0, 0.1) is 0 Å². The van der Waals surface area contributed by atoms with Gasteiger partial charge in [0.25, 0.3) is 0 Å². The second-order valence-corrected chi connectivity index (χ2v) is 4.72. The Morgan fingerprint density at radius 3 is 2.82 bits per heavy atom. The number of halogens is 2. The van der Waals surface area contributed by atoms with E-state index < -0.39 is 6.10 Å². The van der Waals surface area contributed by atoms with Gasteiger partial charge in [-0.25, -0.2) is 0 Å². The quantitative estimate of drug-likeness (QED) is 0.919. The highest BCUT2D eigenvalue weighted by atomic mass is 35.5. The number of rotatable bonds is 4. The van der Waals surface area contributed by atoms with Gasteiger partial charge in [0.05, 0.1) is 11.1 Å².